The summed E-state index contributed by atoms with van der Waals surface area (Å²) in [5, 5.41) is 5.54. The molecule has 2 saturated heterocycles. The molecule has 2 aliphatic heterocycles. The zero-order valence-electron chi connectivity index (χ0n) is 15.9. The molecule has 5 heteroatoms. The highest BCUT2D eigenvalue weighted by Crippen LogP contribution is 2.35. The van der Waals surface area contributed by atoms with Crippen molar-refractivity contribution in [1.82, 2.24) is 15.1 Å². The first-order valence-electron chi connectivity index (χ1n) is 9.96. The van der Waals surface area contributed by atoms with Crippen LogP contribution in [0.2, 0.25) is 0 Å². The molecule has 2 heterocycles. The first kappa shape index (κ1) is 17.8. The molecule has 0 radical (unpaired) electrons. The van der Waals surface area contributed by atoms with Gasteiger partial charge in [0.05, 0.1) is 6.04 Å². The number of urea groups is 1. The Morgan fingerprint density at radius 1 is 1.15 bits per heavy atom. The Bertz CT molecular complexity index is 845. The topological polar surface area (TPSA) is 52.7 Å². The molecule has 0 bridgehead atoms. The van der Waals surface area contributed by atoms with E-state index < -0.39 is 0 Å². The molecule has 0 aliphatic carbocycles. The fraction of sp³-hybridized carbons (Fsp3) is 0.455. The van der Waals surface area contributed by atoms with Crippen LogP contribution in [0.3, 0.4) is 0 Å². The molecule has 2 atom stereocenters. The lowest BCUT2D eigenvalue weighted by Gasteiger charge is -2.29. The van der Waals surface area contributed by atoms with Crippen LogP contribution in [0, 0.1) is 0 Å². The van der Waals surface area contributed by atoms with Crippen molar-refractivity contribution >= 4 is 22.7 Å². The Hall–Kier alpha value is -2.56. The van der Waals surface area contributed by atoms with Crippen LogP contribution in [0.1, 0.15) is 44.2 Å². The normalized spacial score (nSPS) is 21.1. The minimum absolute atomic E-state index is 0.0235. The highest BCUT2D eigenvalue weighted by molar-refractivity contribution is 5.87. The van der Waals surface area contributed by atoms with Crippen molar-refractivity contribution in [2.75, 3.05) is 19.6 Å². The summed E-state index contributed by atoms with van der Waals surface area (Å²) in [5.41, 5.74) is 1.23. The van der Waals surface area contributed by atoms with Crippen LogP contribution in [0.4, 0.5) is 4.79 Å². The maximum absolute atomic E-state index is 12.9. The highest BCUT2D eigenvalue weighted by atomic mass is 16.2. The Kier molecular flexibility index (Phi) is 5.01. The van der Waals surface area contributed by atoms with Gasteiger partial charge in [0.2, 0.25) is 5.91 Å². The summed E-state index contributed by atoms with van der Waals surface area (Å²) in [7, 11) is 0. The SMILES string of the molecule is C[C@H](CN1CCCC1=O)NC(=O)N1CCC[C@@H]1c1cccc2ccccc12. The number of likely N-dealkylation sites (tertiary alicyclic amines) is 2. The molecule has 27 heavy (non-hydrogen) atoms. The molecular weight excluding hydrogens is 338 g/mol. The van der Waals surface area contributed by atoms with Crippen LogP contribution in [0.15, 0.2) is 42.5 Å². The fourth-order valence-corrected chi connectivity index (χ4v) is 4.44. The monoisotopic (exact) mass is 365 g/mol. The molecule has 5 nitrogen and oxygen atoms in total. The Labute approximate surface area is 160 Å². The van der Waals surface area contributed by atoms with Gasteiger partial charge in [0.15, 0.2) is 0 Å². The van der Waals surface area contributed by atoms with Gasteiger partial charge in [0.1, 0.15) is 0 Å². The number of carbonyl (C=O) groups is 2. The quantitative estimate of drug-likeness (QED) is 0.898. The molecule has 2 aromatic carbocycles. The van der Waals surface area contributed by atoms with Gasteiger partial charge in [0, 0.05) is 32.1 Å². The average molecular weight is 365 g/mol. The number of hydrogen-bond donors (Lipinski definition) is 1. The smallest absolute Gasteiger partial charge is 0.318 e. The highest BCUT2D eigenvalue weighted by Gasteiger charge is 2.32. The van der Waals surface area contributed by atoms with Gasteiger partial charge >= 0.3 is 6.03 Å². The van der Waals surface area contributed by atoms with Crippen molar-refractivity contribution in [3.05, 3.63) is 48.0 Å². The van der Waals surface area contributed by atoms with Crippen LogP contribution in [0.5, 0.6) is 0 Å². The molecular formula is C22H27N3O2. The largest absolute Gasteiger partial charge is 0.341 e. The van der Waals surface area contributed by atoms with E-state index in [4.69, 9.17) is 0 Å². The lowest BCUT2D eigenvalue weighted by atomic mass is 9.97. The average Bonchev–Trinajstić information content (AvgIpc) is 3.31. The summed E-state index contributed by atoms with van der Waals surface area (Å²) >= 11 is 0. The molecule has 0 unspecified atom stereocenters. The molecule has 0 spiro atoms. The molecule has 0 aromatic heterocycles. The van der Waals surface area contributed by atoms with Gasteiger partial charge < -0.3 is 15.1 Å². The standard InChI is InChI=1S/C22H27N3O2/c1-16(15-24-13-6-12-21(24)26)23-22(27)25-14-5-11-20(25)19-10-4-8-17-7-2-3-9-18(17)19/h2-4,7-10,16,20H,5-6,11-15H2,1H3,(H,23,27)/t16-,20-/m1/s1. The molecule has 0 saturated carbocycles. The summed E-state index contributed by atoms with van der Waals surface area (Å²) in [4.78, 5) is 28.6. The predicted octanol–water partition coefficient (Wildman–Crippen LogP) is 3.70. The number of hydrogen-bond acceptors (Lipinski definition) is 2. The van der Waals surface area contributed by atoms with Crippen LogP contribution in [-0.4, -0.2) is 47.4 Å². The predicted molar refractivity (Wildman–Crippen MR) is 106 cm³/mol. The fourth-order valence-electron chi connectivity index (χ4n) is 4.44. The Balaban J connectivity index is 1.47. The van der Waals surface area contributed by atoms with Gasteiger partial charge in [0.25, 0.3) is 0 Å². The number of carbonyl (C=O) groups excluding carboxylic acids is 2. The zero-order chi connectivity index (χ0) is 18.8. The van der Waals surface area contributed by atoms with Gasteiger partial charge in [-0.25, -0.2) is 4.79 Å². The number of nitrogens with one attached hydrogen (secondary N) is 1. The molecule has 4 rings (SSSR count). The van der Waals surface area contributed by atoms with Gasteiger partial charge in [-0.2, -0.15) is 0 Å². The first-order chi connectivity index (χ1) is 13.1. The molecule has 2 aromatic rings. The van der Waals surface area contributed by atoms with Crippen LogP contribution >= 0.6 is 0 Å². The lowest BCUT2D eigenvalue weighted by molar-refractivity contribution is -0.127. The number of nitrogens with zero attached hydrogens (tertiary/aromatic N) is 2. The molecule has 2 fully saturated rings. The van der Waals surface area contributed by atoms with E-state index in [9.17, 15) is 9.59 Å². The summed E-state index contributed by atoms with van der Waals surface area (Å²) in [6, 6.07) is 14.7. The zero-order valence-corrected chi connectivity index (χ0v) is 15.9. The number of benzene rings is 2. The van der Waals surface area contributed by atoms with Crippen molar-refractivity contribution in [3.8, 4) is 0 Å². The van der Waals surface area contributed by atoms with Crippen molar-refractivity contribution < 1.29 is 9.59 Å². The van der Waals surface area contributed by atoms with Gasteiger partial charge in [-0.3, -0.25) is 4.79 Å². The van der Waals surface area contributed by atoms with Crippen molar-refractivity contribution in [2.24, 2.45) is 0 Å². The molecule has 142 valence electrons. The van der Waals surface area contributed by atoms with E-state index >= 15 is 0 Å². The minimum atomic E-state index is -0.0479. The van der Waals surface area contributed by atoms with Crippen LogP contribution in [0.25, 0.3) is 10.8 Å². The Morgan fingerprint density at radius 3 is 2.78 bits per heavy atom. The van der Waals surface area contributed by atoms with Gasteiger partial charge in [-0.05, 0) is 42.5 Å². The summed E-state index contributed by atoms with van der Waals surface area (Å²) < 4.78 is 0. The van der Waals surface area contributed by atoms with Crippen molar-refractivity contribution in [3.63, 3.8) is 0 Å². The maximum Gasteiger partial charge on any atom is 0.318 e. The van der Waals surface area contributed by atoms with Crippen LogP contribution in [-0.2, 0) is 4.79 Å². The summed E-state index contributed by atoms with van der Waals surface area (Å²) in [6.07, 6.45) is 3.56. The second-order valence-electron chi connectivity index (χ2n) is 7.71. The number of fused-ring (bicyclic) bond motifs is 1. The molecule has 2 aliphatic rings. The van der Waals surface area contributed by atoms with E-state index in [1.807, 2.05) is 22.8 Å². The lowest BCUT2D eigenvalue weighted by Crippen LogP contribution is -2.47. The van der Waals surface area contributed by atoms with Crippen molar-refractivity contribution in [1.29, 1.82) is 0 Å². The minimum Gasteiger partial charge on any atom is -0.341 e. The third-order valence-electron chi connectivity index (χ3n) is 5.73. The van der Waals surface area contributed by atoms with E-state index in [0.717, 1.165) is 32.4 Å². The van der Waals surface area contributed by atoms with Gasteiger partial charge in [-0.15, -0.1) is 0 Å². The third kappa shape index (κ3) is 3.64. The van der Waals surface area contributed by atoms with E-state index in [-0.39, 0.29) is 24.0 Å². The Morgan fingerprint density at radius 2 is 1.96 bits per heavy atom. The number of rotatable bonds is 4. The molecule has 3 amide bonds. The summed E-state index contributed by atoms with van der Waals surface area (Å²) in [6.45, 7) is 4.15. The molecule has 1 N–H and O–H groups in total. The van der Waals surface area contributed by atoms with Gasteiger partial charge in [-0.1, -0.05) is 42.5 Å². The second-order valence-corrected chi connectivity index (χ2v) is 7.71. The second kappa shape index (κ2) is 7.59. The number of amides is 3. The van der Waals surface area contributed by atoms with E-state index in [0.29, 0.717) is 13.0 Å². The summed E-state index contributed by atoms with van der Waals surface area (Å²) in [5.74, 6) is 0.200. The van der Waals surface area contributed by atoms with E-state index in [1.54, 1.807) is 0 Å². The van der Waals surface area contributed by atoms with Crippen molar-refractivity contribution in [2.45, 2.75) is 44.7 Å². The van der Waals surface area contributed by atoms with E-state index in [2.05, 4.69) is 41.7 Å². The first-order valence-corrected chi connectivity index (χ1v) is 9.96. The van der Waals surface area contributed by atoms with E-state index in [1.165, 1.54) is 16.3 Å². The van der Waals surface area contributed by atoms with Crippen LogP contribution < -0.4 is 5.32 Å². The third-order valence-corrected chi connectivity index (χ3v) is 5.73. The maximum atomic E-state index is 12.9.